The highest BCUT2D eigenvalue weighted by molar-refractivity contribution is 7.13. The molecule has 5 N–H and O–H groups in total. The fraction of sp³-hybridized carbons (Fsp3) is 0.118. The lowest BCUT2D eigenvalue weighted by Crippen LogP contribution is -2.35. The SMILES string of the molecule is NC(=O)Cc1csc(NC(=O)CNC(=O)c2c[nH]c3ccccc3c2=O)n1. The van der Waals surface area contributed by atoms with Crippen LogP contribution in [-0.2, 0) is 16.0 Å². The first-order valence-electron chi connectivity index (χ1n) is 7.85. The van der Waals surface area contributed by atoms with Crippen LogP contribution in [0.15, 0.2) is 40.6 Å². The van der Waals surface area contributed by atoms with Gasteiger partial charge in [-0.3, -0.25) is 19.2 Å². The van der Waals surface area contributed by atoms with Crippen LogP contribution in [0.25, 0.3) is 10.9 Å². The molecule has 27 heavy (non-hydrogen) atoms. The molecule has 0 saturated carbocycles. The number of primary amides is 1. The topological polar surface area (TPSA) is 147 Å². The van der Waals surface area contributed by atoms with Crippen LogP contribution in [0.3, 0.4) is 0 Å². The molecule has 3 amide bonds. The van der Waals surface area contributed by atoms with Crippen molar-refractivity contribution in [2.24, 2.45) is 5.73 Å². The molecule has 2 aromatic heterocycles. The van der Waals surface area contributed by atoms with Crippen LogP contribution in [0.4, 0.5) is 5.13 Å². The van der Waals surface area contributed by atoms with E-state index >= 15 is 0 Å². The summed E-state index contributed by atoms with van der Waals surface area (Å²) in [6.07, 6.45) is 1.29. The zero-order chi connectivity index (χ0) is 19.4. The van der Waals surface area contributed by atoms with E-state index in [1.807, 2.05) is 0 Å². The Labute approximate surface area is 156 Å². The Kier molecular flexibility index (Phi) is 5.27. The second-order valence-corrected chi connectivity index (χ2v) is 6.45. The molecule has 3 aromatic rings. The first-order chi connectivity index (χ1) is 12.9. The summed E-state index contributed by atoms with van der Waals surface area (Å²) in [5, 5.41) is 7.18. The molecular weight excluding hydrogens is 370 g/mol. The van der Waals surface area contributed by atoms with E-state index in [1.54, 1.807) is 29.6 Å². The highest BCUT2D eigenvalue weighted by Gasteiger charge is 2.14. The number of para-hydroxylation sites is 1. The van der Waals surface area contributed by atoms with Crippen molar-refractivity contribution < 1.29 is 14.4 Å². The number of hydrogen-bond acceptors (Lipinski definition) is 6. The fourth-order valence-corrected chi connectivity index (χ4v) is 3.11. The lowest BCUT2D eigenvalue weighted by Gasteiger charge is -2.06. The van der Waals surface area contributed by atoms with Crippen molar-refractivity contribution in [2.75, 3.05) is 11.9 Å². The predicted molar refractivity (Wildman–Crippen MR) is 101 cm³/mol. The van der Waals surface area contributed by atoms with E-state index in [2.05, 4.69) is 20.6 Å². The van der Waals surface area contributed by atoms with Gasteiger partial charge in [0.05, 0.1) is 18.7 Å². The second-order valence-electron chi connectivity index (χ2n) is 5.59. The van der Waals surface area contributed by atoms with E-state index in [0.29, 0.717) is 16.6 Å². The van der Waals surface area contributed by atoms with Crippen molar-refractivity contribution in [1.82, 2.24) is 15.3 Å². The Morgan fingerprint density at radius 1 is 1.22 bits per heavy atom. The average molecular weight is 385 g/mol. The van der Waals surface area contributed by atoms with Crippen molar-refractivity contribution in [3.63, 3.8) is 0 Å². The number of nitrogens with one attached hydrogen (secondary N) is 3. The van der Waals surface area contributed by atoms with Crippen LogP contribution in [0.2, 0.25) is 0 Å². The number of fused-ring (bicyclic) bond motifs is 1. The number of nitrogens with zero attached hydrogens (tertiary/aromatic N) is 1. The summed E-state index contributed by atoms with van der Waals surface area (Å²) in [5.74, 6) is -1.70. The molecule has 0 saturated heterocycles. The number of thiazole rings is 1. The molecular formula is C17H15N5O4S. The molecule has 2 heterocycles. The summed E-state index contributed by atoms with van der Waals surface area (Å²) >= 11 is 1.14. The van der Waals surface area contributed by atoms with Gasteiger partial charge in [0.2, 0.25) is 17.2 Å². The Morgan fingerprint density at radius 3 is 2.78 bits per heavy atom. The number of pyridine rings is 1. The zero-order valence-corrected chi connectivity index (χ0v) is 14.8. The number of benzene rings is 1. The lowest BCUT2D eigenvalue weighted by atomic mass is 10.1. The standard InChI is InChI=1S/C17H15N5O4S/c18-13(23)5-9-8-27-17(21-9)22-14(24)7-20-16(26)11-6-19-12-4-2-1-3-10(12)15(11)25/h1-4,6,8H,5,7H2,(H2,18,23)(H,19,25)(H,20,26)(H,21,22,24). The van der Waals surface area contributed by atoms with Crippen LogP contribution in [0.1, 0.15) is 16.1 Å². The van der Waals surface area contributed by atoms with Crippen LogP contribution in [-0.4, -0.2) is 34.2 Å². The Balaban J connectivity index is 1.61. The number of aromatic nitrogens is 2. The average Bonchev–Trinajstić information content (AvgIpc) is 3.06. The number of rotatable bonds is 6. The molecule has 0 unspecified atom stereocenters. The van der Waals surface area contributed by atoms with E-state index in [9.17, 15) is 19.2 Å². The van der Waals surface area contributed by atoms with Crippen molar-refractivity contribution >= 4 is 45.1 Å². The third kappa shape index (κ3) is 4.36. The van der Waals surface area contributed by atoms with Crippen LogP contribution in [0.5, 0.6) is 0 Å². The first-order valence-corrected chi connectivity index (χ1v) is 8.73. The Morgan fingerprint density at radius 2 is 2.00 bits per heavy atom. The number of nitrogens with two attached hydrogens (primary N) is 1. The lowest BCUT2D eigenvalue weighted by molar-refractivity contribution is -0.117. The largest absolute Gasteiger partial charge is 0.369 e. The molecule has 0 bridgehead atoms. The van der Waals surface area contributed by atoms with Gasteiger partial charge in [-0.05, 0) is 12.1 Å². The molecule has 0 atom stereocenters. The van der Waals surface area contributed by atoms with Gasteiger partial charge in [0, 0.05) is 22.5 Å². The predicted octanol–water partition coefficient (Wildman–Crippen LogP) is 0.381. The van der Waals surface area contributed by atoms with Gasteiger partial charge in [-0.1, -0.05) is 12.1 Å². The summed E-state index contributed by atoms with van der Waals surface area (Å²) in [6, 6.07) is 6.82. The Hall–Kier alpha value is -3.53. The summed E-state index contributed by atoms with van der Waals surface area (Å²) in [6.45, 7) is -0.337. The number of carbonyl (C=O) groups excluding carboxylic acids is 3. The molecule has 0 aliphatic carbocycles. The van der Waals surface area contributed by atoms with Gasteiger partial charge in [-0.25, -0.2) is 4.98 Å². The van der Waals surface area contributed by atoms with Gasteiger partial charge in [0.1, 0.15) is 5.56 Å². The van der Waals surface area contributed by atoms with Crippen LogP contribution in [0, 0.1) is 0 Å². The number of aromatic amines is 1. The van der Waals surface area contributed by atoms with Crippen molar-refractivity contribution in [3.05, 3.63) is 57.3 Å². The summed E-state index contributed by atoms with van der Waals surface area (Å²) in [4.78, 5) is 54.3. The molecule has 0 spiro atoms. The molecule has 0 radical (unpaired) electrons. The van der Waals surface area contributed by atoms with E-state index in [1.165, 1.54) is 6.20 Å². The van der Waals surface area contributed by atoms with Crippen LogP contribution >= 0.6 is 11.3 Å². The monoisotopic (exact) mass is 385 g/mol. The number of hydrogen-bond donors (Lipinski definition) is 4. The van der Waals surface area contributed by atoms with E-state index in [0.717, 1.165) is 11.3 Å². The van der Waals surface area contributed by atoms with E-state index < -0.39 is 23.2 Å². The fourth-order valence-electron chi connectivity index (χ4n) is 2.38. The maximum absolute atomic E-state index is 12.4. The third-order valence-corrected chi connectivity index (χ3v) is 4.40. The van der Waals surface area contributed by atoms with Crippen LogP contribution < -0.4 is 21.8 Å². The summed E-state index contributed by atoms with van der Waals surface area (Å²) in [7, 11) is 0. The smallest absolute Gasteiger partial charge is 0.257 e. The number of anilines is 1. The van der Waals surface area contributed by atoms with Gasteiger partial charge in [0.25, 0.3) is 5.91 Å². The Bertz CT molecular complexity index is 1090. The molecule has 0 aliphatic rings. The van der Waals surface area contributed by atoms with Gasteiger partial charge < -0.3 is 21.4 Å². The van der Waals surface area contributed by atoms with E-state index in [4.69, 9.17) is 5.73 Å². The molecule has 138 valence electrons. The van der Waals surface area contributed by atoms with E-state index in [-0.39, 0.29) is 23.7 Å². The molecule has 0 aliphatic heterocycles. The van der Waals surface area contributed by atoms with Gasteiger partial charge in [-0.15, -0.1) is 11.3 Å². The van der Waals surface area contributed by atoms with Gasteiger partial charge >= 0.3 is 0 Å². The summed E-state index contributed by atoms with van der Waals surface area (Å²) in [5.41, 5.74) is 5.65. The number of carbonyl (C=O) groups is 3. The van der Waals surface area contributed by atoms with Crippen molar-refractivity contribution in [2.45, 2.75) is 6.42 Å². The van der Waals surface area contributed by atoms with Crippen molar-refractivity contribution in [1.29, 1.82) is 0 Å². The first kappa shape index (κ1) is 18.3. The highest BCUT2D eigenvalue weighted by atomic mass is 32.1. The maximum atomic E-state index is 12.4. The van der Waals surface area contributed by atoms with Gasteiger partial charge in [-0.2, -0.15) is 0 Å². The summed E-state index contributed by atoms with van der Waals surface area (Å²) < 4.78 is 0. The quantitative estimate of drug-likeness (QED) is 0.484. The number of amides is 3. The molecule has 10 heteroatoms. The minimum absolute atomic E-state index is 0.0200. The molecule has 3 rings (SSSR count). The maximum Gasteiger partial charge on any atom is 0.257 e. The molecule has 9 nitrogen and oxygen atoms in total. The minimum atomic E-state index is -0.661. The van der Waals surface area contributed by atoms with Gasteiger partial charge in [0.15, 0.2) is 5.13 Å². The zero-order valence-electron chi connectivity index (χ0n) is 13.9. The second kappa shape index (κ2) is 7.79. The van der Waals surface area contributed by atoms with Crippen molar-refractivity contribution in [3.8, 4) is 0 Å². The number of H-pyrrole nitrogens is 1. The minimum Gasteiger partial charge on any atom is -0.369 e. The molecule has 0 fully saturated rings. The third-order valence-electron chi connectivity index (χ3n) is 3.60. The normalized spacial score (nSPS) is 10.5. The highest BCUT2D eigenvalue weighted by Crippen LogP contribution is 2.15. The molecule has 1 aromatic carbocycles.